The molecule has 1 unspecified atom stereocenters. The van der Waals surface area contributed by atoms with Crippen molar-refractivity contribution >= 4 is 41.4 Å². The van der Waals surface area contributed by atoms with E-state index < -0.39 is 89.6 Å². The molecule has 0 aromatic rings. The molecular weight excluding hydrogens is 747 g/mol. The van der Waals surface area contributed by atoms with Gasteiger partial charge in [-0.3, -0.25) is 33.6 Å². The van der Waals surface area contributed by atoms with E-state index in [2.05, 4.69) is 47.8 Å². The van der Waals surface area contributed by atoms with Gasteiger partial charge < -0.3 is 37.0 Å². The van der Waals surface area contributed by atoms with Gasteiger partial charge in [-0.15, -0.1) is 12.3 Å². The molecule has 0 saturated carbocycles. The van der Waals surface area contributed by atoms with E-state index in [9.17, 15) is 38.7 Å². The van der Waals surface area contributed by atoms with Gasteiger partial charge in [0.25, 0.3) is 0 Å². The first-order valence-electron chi connectivity index (χ1n) is 20.4. The van der Waals surface area contributed by atoms with Gasteiger partial charge in [0.05, 0.1) is 5.92 Å². The molecule has 58 heavy (non-hydrogen) atoms. The second-order valence-corrected chi connectivity index (χ2v) is 17.6. The Morgan fingerprint density at radius 3 is 1.17 bits per heavy atom. The number of carbonyl (C=O) groups is 7. The Morgan fingerprint density at radius 2 is 0.862 bits per heavy atom. The molecule has 328 valence electrons. The first-order valence-corrected chi connectivity index (χ1v) is 20.4. The third kappa shape index (κ3) is 20.0. The molecule has 17 heteroatoms. The second kappa shape index (κ2) is 26.2. The molecule has 6 amide bonds. The average Bonchev–Trinajstić information content (AvgIpc) is 3.08. The number of amides is 6. The highest BCUT2D eigenvalue weighted by Gasteiger charge is 2.37. The van der Waals surface area contributed by atoms with Crippen LogP contribution in [-0.4, -0.2) is 88.8 Å². The summed E-state index contributed by atoms with van der Waals surface area (Å²) in [5.41, 5.74) is 9.05. The molecule has 7 N–H and O–H groups in total. The molecule has 0 aliphatic rings. The lowest BCUT2D eigenvalue weighted by Crippen LogP contribution is -2.61. The number of nitrogens with zero attached hydrogens (tertiary/aromatic N) is 3. The third-order valence-corrected chi connectivity index (χ3v) is 9.13. The zero-order valence-electron chi connectivity index (χ0n) is 36.8. The van der Waals surface area contributed by atoms with Crippen LogP contribution in [0.15, 0.2) is 5.11 Å². The largest absolute Gasteiger partial charge is 0.480 e. The number of azide groups is 1. The molecular formula is C41H71N9O8. The zero-order valence-corrected chi connectivity index (χ0v) is 36.8. The van der Waals surface area contributed by atoms with E-state index in [-0.39, 0.29) is 67.6 Å². The molecule has 0 saturated heterocycles. The van der Waals surface area contributed by atoms with E-state index in [1.165, 1.54) is 6.92 Å². The van der Waals surface area contributed by atoms with Crippen LogP contribution in [0.25, 0.3) is 10.4 Å². The smallest absolute Gasteiger partial charge is 0.325 e. The molecule has 0 bridgehead atoms. The van der Waals surface area contributed by atoms with Crippen molar-refractivity contribution < 1.29 is 38.7 Å². The van der Waals surface area contributed by atoms with Crippen molar-refractivity contribution in [2.75, 3.05) is 0 Å². The minimum atomic E-state index is -1.35. The van der Waals surface area contributed by atoms with Crippen LogP contribution in [0.4, 0.5) is 0 Å². The summed E-state index contributed by atoms with van der Waals surface area (Å²) in [7, 11) is 0. The normalized spacial score (nSPS) is 15.6. The highest BCUT2D eigenvalue weighted by atomic mass is 16.4. The van der Waals surface area contributed by atoms with E-state index in [1.54, 1.807) is 13.8 Å². The Hall–Kier alpha value is -4.84. The first-order chi connectivity index (χ1) is 26.8. The predicted molar refractivity (Wildman–Crippen MR) is 222 cm³/mol. The number of carbonyl (C=O) groups excluding carboxylic acids is 6. The van der Waals surface area contributed by atoms with E-state index in [0.29, 0.717) is 0 Å². The van der Waals surface area contributed by atoms with Gasteiger partial charge in [-0.1, -0.05) is 88.2 Å². The second-order valence-electron chi connectivity index (χ2n) is 17.6. The molecule has 0 aliphatic carbocycles. The lowest BCUT2D eigenvalue weighted by atomic mass is 9.87. The number of rotatable bonds is 26. The van der Waals surface area contributed by atoms with Gasteiger partial charge in [-0.25, -0.2) is 0 Å². The van der Waals surface area contributed by atoms with Gasteiger partial charge in [0.2, 0.25) is 35.4 Å². The molecule has 0 radical (unpaired) electrons. The fraction of sp³-hybridized carbons (Fsp3) is 0.780. The number of carboxylic acid groups (broad SMARTS) is 1. The van der Waals surface area contributed by atoms with Crippen molar-refractivity contribution in [3.63, 3.8) is 0 Å². The van der Waals surface area contributed by atoms with E-state index >= 15 is 0 Å². The Bertz CT molecular complexity index is 1480. The minimum Gasteiger partial charge on any atom is -0.480 e. The summed E-state index contributed by atoms with van der Waals surface area (Å²) in [5, 5.41) is 29.0. The summed E-state index contributed by atoms with van der Waals surface area (Å²) in [6, 6.07) is -8.11. The molecule has 17 nitrogen and oxygen atoms in total. The summed E-state index contributed by atoms with van der Waals surface area (Å²) in [6.45, 7) is 23.4. The van der Waals surface area contributed by atoms with Crippen molar-refractivity contribution in [2.24, 2.45) is 46.5 Å². The topological polar surface area (TPSA) is 261 Å². The SMILES string of the molecule is C#CC(C(C)C)[C@H](NC(=O)[C@H](CC(C)C)NC(=O)[C@H](CC(C)C)NC(=O)[C@H](CC(C)C)NC(=O)[C@H](CC(C)C)N=[N+]=[N-])C(=O)N[C@@H](CC(C)C)C(=O)N[C@@H](C)C(=O)O. The van der Waals surface area contributed by atoms with Crippen LogP contribution in [0.3, 0.4) is 0 Å². The van der Waals surface area contributed by atoms with Gasteiger partial charge in [-0.05, 0) is 80.1 Å². The number of hydrogen-bond donors (Lipinski definition) is 7. The third-order valence-electron chi connectivity index (χ3n) is 9.13. The number of carboxylic acids is 1. The van der Waals surface area contributed by atoms with Crippen LogP contribution in [-0.2, 0) is 33.6 Å². The molecule has 0 aromatic heterocycles. The quantitative estimate of drug-likeness (QED) is 0.0292. The fourth-order valence-corrected chi connectivity index (χ4v) is 6.22. The maximum absolute atomic E-state index is 14.1. The van der Waals surface area contributed by atoms with Crippen LogP contribution >= 0.6 is 0 Å². The van der Waals surface area contributed by atoms with Crippen molar-refractivity contribution in [3.05, 3.63) is 10.4 Å². The molecule has 0 heterocycles. The predicted octanol–water partition coefficient (Wildman–Crippen LogP) is 3.81. The highest BCUT2D eigenvalue weighted by molar-refractivity contribution is 5.97. The van der Waals surface area contributed by atoms with Crippen LogP contribution in [0.1, 0.15) is 122 Å². The zero-order chi connectivity index (χ0) is 45.0. The number of nitrogens with one attached hydrogen (secondary N) is 6. The lowest BCUT2D eigenvalue weighted by molar-refractivity contribution is -0.142. The first kappa shape index (κ1) is 53.2. The van der Waals surface area contributed by atoms with Crippen LogP contribution in [0, 0.1) is 53.8 Å². The van der Waals surface area contributed by atoms with Crippen LogP contribution in [0.5, 0.6) is 0 Å². The average molecular weight is 818 g/mol. The number of hydrogen-bond acceptors (Lipinski definition) is 8. The lowest BCUT2D eigenvalue weighted by Gasteiger charge is -2.31. The standard InChI is InChI=1S/C41H71N9O8/c1-15-28(26(12)13)34(40(56)47-29(16-21(2)3)35(51)43-27(14)41(57)58)48-38(54)32(19-24(8)9)45-36(52)30(17-22(4)5)44-37(53)31(18-23(6)7)46-39(55)33(49-50-42)20-25(10)11/h1,21-34H,16-20H2,2-14H3,(H,43,51)(H,44,53)(H,45,52)(H,46,55)(H,47,56)(H,48,54)(H,57,58)/t27-,28?,29-,30-,31-,32-,33-,34-/m0/s1. The highest BCUT2D eigenvalue weighted by Crippen LogP contribution is 2.18. The van der Waals surface area contributed by atoms with E-state index in [4.69, 9.17) is 12.0 Å². The van der Waals surface area contributed by atoms with Crippen molar-refractivity contribution in [1.29, 1.82) is 0 Å². The van der Waals surface area contributed by atoms with Crippen LogP contribution in [0.2, 0.25) is 0 Å². The Kier molecular flexibility index (Phi) is 24.0. The Labute approximate surface area is 345 Å². The summed E-state index contributed by atoms with van der Waals surface area (Å²) >= 11 is 0. The molecule has 0 aromatic carbocycles. The monoisotopic (exact) mass is 818 g/mol. The van der Waals surface area contributed by atoms with Crippen molar-refractivity contribution in [3.8, 4) is 12.3 Å². The number of terminal acetylenes is 1. The summed E-state index contributed by atoms with van der Waals surface area (Å²) in [6.07, 6.45) is 6.87. The van der Waals surface area contributed by atoms with Gasteiger partial charge in [0.1, 0.15) is 42.3 Å². The number of aliphatic carboxylic acids is 1. The Morgan fingerprint density at radius 1 is 0.534 bits per heavy atom. The van der Waals surface area contributed by atoms with Gasteiger partial charge >= 0.3 is 5.97 Å². The Balaban J connectivity index is 6.63. The molecule has 0 rings (SSSR count). The van der Waals surface area contributed by atoms with Crippen LogP contribution < -0.4 is 31.9 Å². The maximum Gasteiger partial charge on any atom is 0.325 e. The van der Waals surface area contributed by atoms with Crippen molar-refractivity contribution in [2.45, 2.75) is 164 Å². The summed E-state index contributed by atoms with van der Waals surface area (Å²) in [5.74, 6) is -4.24. The molecule has 0 aliphatic heterocycles. The van der Waals surface area contributed by atoms with E-state index in [1.807, 2.05) is 69.2 Å². The molecule has 8 atom stereocenters. The van der Waals surface area contributed by atoms with Gasteiger partial charge in [-0.2, -0.15) is 0 Å². The minimum absolute atomic E-state index is 0.0314. The fourth-order valence-electron chi connectivity index (χ4n) is 6.22. The van der Waals surface area contributed by atoms with Crippen molar-refractivity contribution in [1.82, 2.24) is 31.9 Å². The van der Waals surface area contributed by atoms with E-state index in [0.717, 1.165) is 0 Å². The summed E-state index contributed by atoms with van der Waals surface area (Å²) < 4.78 is 0. The van der Waals surface area contributed by atoms with Gasteiger partial charge in [0.15, 0.2) is 0 Å². The van der Waals surface area contributed by atoms with Gasteiger partial charge in [0, 0.05) is 4.91 Å². The molecule has 0 spiro atoms. The summed E-state index contributed by atoms with van der Waals surface area (Å²) in [4.78, 5) is 96.4. The molecule has 0 fully saturated rings. The maximum atomic E-state index is 14.1.